The van der Waals surface area contributed by atoms with E-state index in [1.165, 1.54) is 16.8 Å². The molecule has 0 unspecified atom stereocenters. The first-order valence-corrected chi connectivity index (χ1v) is 6.17. The summed E-state index contributed by atoms with van der Waals surface area (Å²) in [7, 11) is 0. The minimum absolute atomic E-state index is 0.520. The Bertz CT molecular complexity index is 332. The van der Waals surface area contributed by atoms with Crippen LogP contribution in [0, 0.1) is 6.92 Å². The molecule has 90 valence electrons. The lowest BCUT2D eigenvalue weighted by Gasteiger charge is -2.32. The molecule has 0 spiro atoms. The maximum Gasteiger partial charge on any atom is 0.0443 e. The highest BCUT2D eigenvalue weighted by Gasteiger charge is 2.14. The molecule has 0 fully saturated rings. The Morgan fingerprint density at radius 2 is 2.00 bits per heavy atom. The number of nitrogens with zero attached hydrogens (tertiary/aromatic N) is 1. The van der Waals surface area contributed by atoms with E-state index in [9.17, 15) is 0 Å². The van der Waals surface area contributed by atoms with E-state index >= 15 is 0 Å². The van der Waals surface area contributed by atoms with Gasteiger partial charge in [-0.15, -0.1) is 0 Å². The SMILES string of the molecule is CCCN(c1c(C)cccc1CN)C(C)C. The number of para-hydroxylation sites is 1. The van der Waals surface area contributed by atoms with E-state index in [0.29, 0.717) is 12.6 Å². The van der Waals surface area contributed by atoms with Gasteiger partial charge in [0.25, 0.3) is 0 Å². The first-order chi connectivity index (χ1) is 7.61. The molecule has 0 saturated heterocycles. The van der Waals surface area contributed by atoms with Crippen LogP contribution in [0.15, 0.2) is 18.2 Å². The number of rotatable bonds is 5. The van der Waals surface area contributed by atoms with E-state index in [2.05, 4.69) is 50.8 Å². The first-order valence-electron chi connectivity index (χ1n) is 6.17. The fraction of sp³-hybridized carbons (Fsp3) is 0.571. The minimum atomic E-state index is 0.520. The fourth-order valence-corrected chi connectivity index (χ4v) is 2.16. The van der Waals surface area contributed by atoms with Crippen molar-refractivity contribution in [3.8, 4) is 0 Å². The molecular formula is C14H24N2. The van der Waals surface area contributed by atoms with Crippen molar-refractivity contribution >= 4 is 5.69 Å². The second-order valence-corrected chi connectivity index (χ2v) is 4.57. The molecular weight excluding hydrogens is 196 g/mol. The molecule has 0 aliphatic carbocycles. The quantitative estimate of drug-likeness (QED) is 0.826. The number of anilines is 1. The highest BCUT2D eigenvalue weighted by molar-refractivity contribution is 5.59. The summed E-state index contributed by atoms with van der Waals surface area (Å²) in [5.41, 5.74) is 9.74. The van der Waals surface area contributed by atoms with Crippen LogP contribution in [0.4, 0.5) is 5.69 Å². The molecule has 0 aliphatic heterocycles. The molecule has 16 heavy (non-hydrogen) atoms. The summed E-state index contributed by atoms with van der Waals surface area (Å²) in [5, 5.41) is 0. The van der Waals surface area contributed by atoms with Gasteiger partial charge in [0.2, 0.25) is 0 Å². The molecule has 0 bridgehead atoms. The van der Waals surface area contributed by atoms with Crippen LogP contribution in [-0.4, -0.2) is 12.6 Å². The van der Waals surface area contributed by atoms with E-state index in [-0.39, 0.29) is 0 Å². The van der Waals surface area contributed by atoms with Gasteiger partial charge in [-0.05, 0) is 38.3 Å². The molecule has 0 atom stereocenters. The number of aryl methyl sites for hydroxylation is 1. The van der Waals surface area contributed by atoms with Gasteiger partial charge in [-0.2, -0.15) is 0 Å². The average Bonchev–Trinajstić information content (AvgIpc) is 2.26. The molecule has 0 amide bonds. The average molecular weight is 220 g/mol. The highest BCUT2D eigenvalue weighted by Crippen LogP contribution is 2.26. The largest absolute Gasteiger partial charge is 0.369 e. The maximum atomic E-state index is 5.83. The number of hydrogen-bond donors (Lipinski definition) is 1. The van der Waals surface area contributed by atoms with Crippen molar-refractivity contribution in [2.24, 2.45) is 5.73 Å². The van der Waals surface area contributed by atoms with Crippen LogP contribution < -0.4 is 10.6 Å². The molecule has 1 aromatic carbocycles. The third-order valence-corrected chi connectivity index (χ3v) is 2.92. The van der Waals surface area contributed by atoms with Crippen LogP contribution in [-0.2, 0) is 6.54 Å². The van der Waals surface area contributed by atoms with Crippen molar-refractivity contribution in [3.05, 3.63) is 29.3 Å². The third kappa shape index (κ3) is 2.76. The summed E-state index contributed by atoms with van der Waals surface area (Å²) >= 11 is 0. The molecule has 0 saturated carbocycles. The van der Waals surface area contributed by atoms with Crippen molar-refractivity contribution in [1.82, 2.24) is 0 Å². The fourth-order valence-electron chi connectivity index (χ4n) is 2.16. The lowest BCUT2D eigenvalue weighted by Crippen LogP contribution is -2.33. The summed E-state index contributed by atoms with van der Waals surface area (Å²) in [5.74, 6) is 0. The molecule has 2 N–H and O–H groups in total. The van der Waals surface area contributed by atoms with Crippen molar-refractivity contribution in [2.45, 2.75) is 46.7 Å². The van der Waals surface area contributed by atoms with Gasteiger partial charge < -0.3 is 10.6 Å². The van der Waals surface area contributed by atoms with Gasteiger partial charge in [-0.1, -0.05) is 25.1 Å². The minimum Gasteiger partial charge on any atom is -0.369 e. The van der Waals surface area contributed by atoms with Crippen molar-refractivity contribution in [1.29, 1.82) is 0 Å². The lowest BCUT2D eigenvalue weighted by atomic mass is 10.0. The lowest BCUT2D eigenvalue weighted by molar-refractivity contribution is 0.665. The van der Waals surface area contributed by atoms with Crippen molar-refractivity contribution in [3.63, 3.8) is 0 Å². The second-order valence-electron chi connectivity index (χ2n) is 4.57. The number of benzene rings is 1. The molecule has 0 radical (unpaired) electrons. The van der Waals surface area contributed by atoms with Crippen LogP contribution in [0.25, 0.3) is 0 Å². The summed E-state index contributed by atoms with van der Waals surface area (Å²) in [6.07, 6.45) is 1.16. The topological polar surface area (TPSA) is 29.3 Å². The van der Waals surface area contributed by atoms with E-state index in [4.69, 9.17) is 5.73 Å². The first kappa shape index (κ1) is 13.0. The third-order valence-electron chi connectivity index (χ3n) is 2.92. The summed E-state index contributed by atoms with van der Waals surface area (Å²) in [4.78, 5) is 2.46. The van der Waals surface area contributed by atoms with E-state index in [1.54, 1.807) is 0 Å². The zero-order chi connectivity index (χ0) is 12.1. The van der Waals surface area contributed by atoms with E-state index < -0.39 is 0 Å². The van der Waals surface area contributed by atoms with Crippen molar-refractivity contribution in [2.75, 3.05) is 11.4 Å². The zero-order valence-corrected chi connectivity index (χ0v) is 11.0. The highest BCUT2D eigenvalue weighted by atomic mass is 15.2. The Balaban J connectivity index is 3.16. The van der Waals surface area contributed by atoms with Gasteiger partial charge in [0.05, 0.1) is 0 Å². The Labute approximate surface area is 99.5 Å². The monoisotopic (exact) mass is 220 g/mol. The van der Waals surface area contributed by atoms with E-state index in [0.717, 1.165) is 13.0 Å². The second kappa shape index (κ2) is 5.90. The predicted octanol–water partition coefficient (Wildman–Crippen LogP) is 3.08. The number of hydrogen-bond acceptors (Lipinski definition) is 2. The smallest absolute Gasteiger partial charge is 0.0443 e. The number of nitrogens with two attached hydrogens (primary N) is 1. The van der Waals surface area contributed by atoms with Crippen LogP contribution in [0.3, 0.4) is 0 Å². The summed E-state index contributed by atoms with van der Waals surface area (Å²) < 4.78 is 0. The van der Waals surface area contributed by atoms with Gasteiger partial charge in [-0.25, -0.2) is 0 Å². The molecule has 0 aromatic heterocycles. The van der Waals surface area contributed by atoms with E-state index in [1.807, 2.05) is 0 Å². The normalized spacial score (nSPS) is 10.9. The molecule has 1 rings (SSSR count). The van der Waals surface area contributed by atoms with Gasteiger partial charge >= 0.3 is 0 Å². The van der Waals surface area contributed by atoms with Crippen LogP contribution >= 0.6 is 0 Å². The zero-order valence-electron chi connectivity index (χ0n) is 11.0. The van der Waals surface area contributed by atoms with Crippen LogP contribution in [0.2, 0.25) is 0 Å². The summed E-state index contributed by atoms with van der Waals surface area (Å²) in [6, 6.07) is 6.91. The van der Waals surface area contributed by atoms with Gasteiger partial charge in [-0.3, -0.25) is 0 Å². The molecule has 0 aliphatic rings. The molecule has 1 aromatic rings. The Hall–Kier alpha value is -1.02. The van der Waals surface area contributed by atoms with Gasteiger partial charge in [0.1, 0.15) is 0 Å². The Kier molecular flexibility index (Phi) is 4.81. The summed E-state index contributed by atoms with van der Waals surface area (Å²) in [6.45, 7) is 10.6. The van der Waals surface area contributed by atoms with Crippen molar-refractivity contribution < 1.29 is 0 Å². The maximum absolute atomic E-state index is 5.83. The standard InChI is InChI=1S/C14H24N2/c1-5-9-16(11(2)3)14-12(4)7-6-8-13(14)10-15/h6-8,11H,5,9-10,15H2,1-4H3. The van der Waals surface area contributed by atoms with Gasteiger partial charge in [0.15, 0.2) is 0 Å². The van der Waals surface area contributed by atoms with Gasteiger partial charge in [0, 0.05) is 24.8 Å². The molecule has 2 heteroatoms. The molecule has 2 nitrogen and oxygen atoms in total. The van der Waals surface area contributed by atoms with Crippen LogP contribution in [0.5, 0.6) is 0 Å². The Morgan fingerprint density at radius 1 is 1.31 bits per heavy atom. The predicted molar refractivity (Wildman–Crippen MR) is 71.8 cm³/mol. The molecule has 0 heterocycles. The van der Waals surface area contributed by atoms with Crippen LogP contribution in [0.1, 0.15) is 38.3 Å². The Morgan fingerprint density at radius 3 is 2.50 bits per heavy atom.